The number of nitro groups is 1. The van der Waals surface area contributed by atoms with Crippen molar-refractivity contribution in [3.05, 3.63) is 92.6 Å². The van der Waals surface area contributed by atoms with Crippen LogP contribution in [0.2, 0.25) is 0 Å². The van der Waals surface area contributed by atoms with E-state index in [4.69, 9.17) is 0 Å². The molecule has 0 bridgehead atoms. The second-order valence-electron chi connectivity index (χ2n) is 8.16. The molecule has 0 aliphatic rings. The van der Waals surface area contributed by atoms with E-state index >= 15 is 0 Å². The number of hydrogen-bond donors (Lipinski definition) is 1. The molecule has 4 aromatic rings. The summed E-state index contributed by atoms with van der Waals surface area (Å²) in [5, 5.41) is 13.7. The van der Waals surface area contributed by atoms with E-state index in [1.165, 1.54) is 36.4 Å². The molecule has 0 saturated heterocycles. The molecule has 186 valence electrons. The molecule has 0 atom stereocenters. The van der Waals surface area contributed by atoms with Crippen LogP contribution in [0.5, 0.6) is 0 Å². The maximum atomic E-state index is 13.4. The van der Waals surface area contributed by atoms with Crippen LogP contribution in [0.4, 0.5) is 17.1 Å². The van der Waals surface area contributed by atoms with Crippen molar-refractivity contribution in [1.29, 1.82) is 0 Å². The van der Waals surface area contributed by atoms with Crippen LogP contribution in [-0.2, 0) is 14.8 Å². The summed E-state index contributed by atoms with van der Waals surface area (Å²) in [4.78, 5) is 35.6. The number of carbonyl (C=O) groups is 1. The zero-order valence-corrected chi connectivity index (χ0v) is 21.0. The van der Waals surface area contributed by atoms with Crippen LogP contribution >= 0.6 is 11.3 Å². The van der Waals surface area contributed by atoms with Crippen molar-refractivity contribution in [3.63, 3.8) is 0 Å². The van der Waals surface area contributed by atoms with Gasteiger partial charge in [-0.05, 0) is 56.3 Å². The van der Waals surface area contributed by atoms with Gasteiger partial charge in [0.05, 0.1) is 25.7 Å². The van der Waals surface area contributed by atoms with Gasteiger partial charge in [0.15, 0.2) is 0 Å². The number of hydrogen-bond acceptors (Lipinski definition) is 7. The Morgan fingerprint density at radius 3 is 2.36 bits per heavy atom. The first-order chi connectivity index (χ1) is 17.1. The second-order valence-corrected chi connectivity index (χ2v) is 11.0. The van der Waals surface area contributed by atoms with Crippen molar-refractivity contribution in [2.75, 3.05) is 16.2 Å². The van der Waals surface area contributed by atoms with Crippen molar-refractivity contribution in [1.82, 2.24) is 4.57 Å². The maximum Gasteiger partial charge on any atom is 0.308 e. The molecular formula is C24H22N4O6S2. The van der Waals surface area contributed by atoms with E-state index in [1.807, 2.05) is 13.8 Å². The molecule has 0 radical (unpaired) electrons. The number of anilines is 2. The lowest BCUT2D eigenvalue weighted by Crippen LogP contribution is -2.38. The molecule has 1 aromatic heterocycles. The number of benzene rings is 3. The minimum Gasteiger partial charge on any atom is -0.324 e. The van der Waals surface area contributed by atoms with Gasteiger partial charge in [0.1, 0.15) is 6.54 Å². The van der Waals surface area contributed by atoms with E-state index in [1.54, 1.807) is 41.0 Å². The topological polar surface area (TPSA) is 132 Å². The Kier molecular flexibility index (Phi) is 6.91. The smallest absolute Gasteiger partial charge is 0.308 e. The van der Waals surface area contributed by atoms with E-state index in [2.05, 4.69) is 5.32 Å². The third-order valence-electron chi connectivity index (χ3n) is 5.38. The van der Waals surface area contributed by atoms with Crippen LogP contribution < -0.4 is 14.5 Å². The van der Waals surface area contributed by atoms with Crippen LogP contribution in [-0.4, -0.2) is 30.4 Å². The SMILES string of the molecule is CC(C)n1c(=O)sc2cc(NC(=O)CN(c3ccc([N+](=O)[O-])cc3)S(=O)(=O)c3ccccc3)ccc21. The normalized spacial score (nSPS) is 11.5. The van der Waals surface area contributed by atoms with Gasteiger partial charge in [-0.2, -0.15) is 0 Å². The fourth-order valence-corrected chi connectivity index (χ4v) is 6.20. The Balaban J connectivity index is 1.65. The first-order valence-electron chi connectivity index (χ1n) is 10.8. The van der Waals surface area contributed by atoms with Gasteiger partial charge in [-0.25, -0.2) is 8.42 Å². The van der Waals surface area contributed by atoms with Crippen molar-refractivity contribution in [3.8, 4) is 0 Å². The molecule has 0 saturated carbocycles. The lowest BCUT2D eigenvalue weighted by molar-refractivity contribution is -0.384. The van der Waals surface area contributed by atoms with E-state index in [-0.39, 0.29) is 27.2 Å². The zero-order chi connectivity index (χ0) is 26.0. The largest absolute Gasteiger partial charge is 0.324 e. The van der Waals surface area contributed by atoms with Gasteiger partial charge in [-0.15, -0.1) is 0 Å². The summed E-state index contributed by atoms with van der Waals surface area (Å²) in [7, 11) is -4.16. The summed E-state index contributed by atoms with van der Waals surface area (Å²) in [5.74, 6) is -0.622. The van der Waals surface area contributed by atoms with Crippen LogP contribution in [0, 0.1) is 10.1 Å². The standard InChI is InChI=1S/C24H22N4O6S2/c1-16(2)27-21-13-8-17(14-22(21)35-24(27)30)25-23(29)15-26(18-9-11-19(12-10-18)28(31)32)36(33,34)20-6-4-3-5-7-20/h3-14,16H,15H2,1-2H3,(H,25,29). The molecule has 0 aliphatic carbocycles. The van der Waals surface area contributed by atoms with E-state index in [0.29, 0.717) is 10.4 Å². The van der Waals surface area contributed by atoms with E-state index in [0.717, 1.165) is 21.2 Å². The molecule has 1 heterocycles. The maximum absolute atomic E-state index is 13.4. The summed E-state index contributed by atoms with van der Waals surface area (Å²) in [5.41, 5.74) is 1.05. The number of non-ortho nitro benzene ring substituents is 1. The Bertz CT molecular complexity index is 1590. The van der Waals surface area contributed by atoms with Crippen LogP contribution in [0.3, 0.4) is 0 Å². The van der Waals surface area contributed by atoms with Gasteiger partial charge in [0.2, 0.25) is 5.91 Å². The van der Waals surface area contributed by atoms with Gasteiger partial charge in [0.25, 0.3) is 15.7 Å². The number of nitro benzene ring substituents is 1. The third-order valence-corrected chi connectivity index (χ3v) is 8.09. The van der Waals surface area contributed by atoms with Crippen molar-refractivity contribution < 1.29 is 18.1 Å². The molecule has 36 heavy (non-hydrogen) atoms. The Labute approximate surface area is 210 Å². The lowest BCUT2D eigenvalue weighted by Gasteiger charge is -2.24. The Morgan fingerprint density at radius 1 is 1.08 bits per heavy atom. The van der Waals surface area contributed by atoms with Crippen LogP contribution in [0.25, 0.3) is 10.2 Å². The number of sulfonamides is 1. The highest BCUT2D eigenvalue weighted by Crippen LogP contribution is 2.27. The fourth-order valence-electron chi connectivity index (χ4n) is 3.71. The number of carbonyl (C=O) groups excluding carboxylic acids is 1. The zero-order valence-electron chi connectivity index (χ0n) is 19.3. The summed E-state index contributed by atoms with van der Waals surface area (Å²) in [6, 6.07) is 17.5. The van der Waals surface area contributed by atoms with Gasteiger partial charge < -0.3 is 5.32 Å². The van der Waals surface area contributed by atoms with Crippen molar-refractivity contribution in [2.24, 2.45) is 0 Å². The fraction of sp³-hybridized carbons (Fsp3) is 0.167. The predicted molar refractivity (Wildman–Crippen MR) is 139 cm³/mol. The third kappa shape index (κ3) is 4.99. The Hall–Kier alpha value is -4.03. The molecular weight excluding hydrogens is 504 g/mol. The first-order valence-corrected chi connectivity index (χ1v) is 13.1. The number of fused-ring (bicyclic) bond motifs is 1. The number of amides is 1. The van der Waals surface area contributed by atoms with Gasteiger partial charge in [0, 0.05) is 23.9 Å². The van der Waals surface area contributed by atoms with Crippen LogP contribution in [0.15, 0.2) is 82.5 Å². The van der Waals surface area contributed by atoms with Gasteiger partial charge in [-0.3, -0.25) is 28.6 Å². The molecule has 3 aromatic carbocycles. The minimum atomic E-state index is -4.16. The number of rotatable bonds is 8. The van der Waals surface area contributed by atoms with E-state index in [9.17, 15) is 28.1 Å². The number of thiazole rings is 1. The monoisotopic (exact) mass is 526 g/mol. The molecule has 0 fully saturated rings. The van der Waals surface area contributed by atoms with Crippen LogP contribution in [0.1, 0.15) is 19.9 Å². The summed E-state index contributed by atoms with van der Waals surface area (Å²) >= 11 is 1.06. The highest BCUT2D eigenvalue weighted by molar-refractivity contribution is 7.92. The highest BCUT2D eigenvalue weighted by Gasteiger charge is 2.27. The van der Waals surface area contributed by atoms with Gasteiger partial charge in [-0.1, -0.05) is 29.5 Å². The molecule has 1 N–H and O–H groups in total. The number of nitrogens with one attached hydrogen (secondary N) is 1. The quantitative estimate of drug-likeness (QED) is 0.268. The Morgan fingerprint density at radius 2 is 1.75 bits per heavy atom. The molecule has 4 rings (SSSR count). The summed E-state index contributed by atoms with van der Waals surface area (Å²) in [6.07, 6.45) is 0. The molecule has 0 spiro atoms. The molecule has 10 nitrogen and oxygen atoms in total. The number of aromatic nitrogens is 1. The molecule has 0 aliphatic heterocycles. The van der Waals surface area contributed by atoms with Gasteiger partial charge >= 0.3 is 4.87 Å². The average molecular weight is 527 g/mol. The average Bonchev–Trinajstić information content (AvgIpc) is 3.18. The predicted octanol–water partition coefficient (Wildman–Crippen LogP) is 4.39. The second kappa shape index (κ2) is 9.91. The number of nitrogens with zero attached hydrogens (tertiary/aromatic N) is 3. The first kappa shape index (κ1) is 25.1. The highest BCUT2D eigenvalue weighted by atomic mass is 32.2. The lowest BCUT2D eigenvalue weighted by atomic mass is 10.2. The van der Waals surface area contributed by atoms with Crippen molar-refractivity contribution >= 4 is 54.5 Å². The summed E-state index contributed by atoms with van der Waals surface area (Å²) < 4.78 is 30.0. The molecule has 0 unspecified atom stereocenters. The van der Waals surface area contributed by atoms with E-state index < -0.39 is 27.4 Å². The van der Waals surface area contributed by atoms with Crippen molar-refractivity contribution in [2.45, 2.75) is 24.8 Å². The summed E-state index contributed by atoms with van der Waals surface area (Å²) in [6.45, 7) is 3.24. The molecule has 1 amide bonds. The molecule has 12 heteroatoms. The minimum absolute atomic E-state index is 0.0230.